The first kappa shape index (κ1) is 19.7. The van der Waals surface area contributed by atoms with Crippen LogP contribution in [0.15, 0.2) is 60.7 Å². The van der Waals surface area contributed by atoms with Crippen molar-refractivity contribution in [2.24, 2.45) is 11.8 Å². The fourth-order valence-corrected chi connectivity index (χ4v) is 5.34. The summed E-state index contributed by atoms with van der Waals surface area (Å²) in [5.74, 6) is -1.91. The molecule has 6 heteroatoms. The zero-order valence-electron chi connectivity index (χ0n) is 17.5. The molecule has 31 heavy (non-hydrogen) atoms. The standard InChI is InChI=1S/C25H24N2O4/c1-15-14-19-20-21(25(30)26(24(20)29)12-13-31-2)22(23(28)16-8-4-3-5-9-16)27(19)18-11-7-6-10-17(15)18/h3-11,14,19-22H,12-13H2,1-2H3/t19-,20+,21-,22+/m0/s1. The van der Waals surface area contributed by atoms with Gasteiger partial charge in [-0.15, -0.1) is 0 Å². The van der Waals surface area contributed by atoms with E-state index in [1.165, 1.54) is 4.90 Å². The molecule has 0 aromatic heterocycles. The van der Waals surface area contributed by atoms with Gasteiger partial charge in [0.15, 0.2) is 5.78 Å². The number of allylic oxidation sites excluding steroid dienone is 1. The molecule has 0 saturated carbocycles. The maximum absolute atomic E-state index is 13.7. The molecule has 0 aliphatic carbocycles. The normalized spacial score (nSPS) is 26.5. The number of para-hydroxylation sites is 1. The first-order valence-corrected chi connectivity index (χ1v) is 10.5. The topological polar surface area (TPSA) is 66.9 Å². The molecule has 3 aliphatic rings. The van der Waals surface area contributed by atoms with E-state index in [9.17, 15) is 14.4 Å². The Kier molecular flexibility index (Phi) is 4.74. The predicted octanol–water partition coefficient (Wildman–Crippen LogP) is 2.79. The minimum Gasteiger partial charge on any atom is -0.383 e. The van der Waals surface area contributed by atoms with Gasteiger partial charge < -0.3 is 9.64 Å². The van der Waals surface area contributed by atoms with Crippen molar-refractivity contribution in [1.29, 1.82) is 0 Å². The number of amides is 2. The molecule has 3 heterocycles. The van der Waals surface area contributed by atoms with Gasteiger partial charge in [0.05, 0.1) is 31.0 Å². The van der Waals surface area contributed by atoms with E-state index in [4.69, 9.17) is 4.74 Å². The van der Waals surface area contributed by atoms with Crippen molar-refractivity contribution in [3.05, 3.63) is 71.8 Å². The van der Waals surface area contributed by atoms with E-state index in [0.717, 1.165) is 16.8 Å². The Balaban J connectivity index is 1.65. The number of nitrogens with zero attached hydrogens (tertiary/aromatic N) is 2. The highest BCUT2D eigenvalue weighted by molar-refractivity contribution is 6.14. The summed E-state index contributed by atoms with van der Waals surface area (Å²) in [5.41, 5.74) is 3.53. The van der Waals surface area contributed by atoms with E-state index < -0.39 is 17.9 Å². The number of rotatable bonds is 5. The molecule has 3 aliphatic heterocycles. The highest BCUT2D eigenvalue weighted by atomic mass is 16.5. The summed E-state index contributed by atoms with van der Waals surface area (Å²) in [6.07, 6.45) is 2.04. The minimum atomic E-state index is -0.730. The van der Waals surface area contributed by atoms with E-state index in [0.29, 0.717) is 5.56 Å². The van der Waals surface area contributed by atoms with Gasteiger partial charge in [0.25, 0.3) is 0 Å². The average Bonchev–Trinajstić information content (AvgIpc) is 3.25. The fraction of sp³-hybridized carbons (Fsp3) is 0.320. The molecule has 4 atom stereocenters. The van der Waals surface area contributed by atoms with Gasteiger partial charge in [-0.2, -0.15) is 0 Å². The summed E-state index contributed by atoms with van der Waals surface area (Å²) >= 11 is 0. The average molecular weight is 416 g/mol. The van der Waals surface area contributed by atoms with Crippen molar-refractivity contribution in [1.82, 2.24) is 4.90 Å². The second-order valence-corrected chi connectivity index (χ2v) is 8.31. The van der Waals surface area contributed by atoms with E-state index in [-0.39, 0.29) is 36.8 Å². The molecule has 0 bridgehead atoms. The van der Waals surface area contributed by atoms with Crippen LogP contribution in [0.1, 0.15) is 22.8 Å². The molecule has 2 fully saturated rings. The van der Waals surface area contributed by atoms with Gasteiger partial charge in [-0.3, -0.25) is 19.3 Å². The number of fused-ring (bicyclic) bond motifs is 5. The molecule has 0 radical (unpaired) electrons. The van der Waals surface area contributed by atoms with Crippen LogP contribution in [-0.2, 0) is 14.3 Å². The van der Waals surface area contributed by atoms with Crippen LogP contribution in [0, 0.1) is 11.8 Å². The Bertz CT molecular complexity index is 1090. The highest BCUT2D eigenvalue weighted by Crippen LogP contribution is 2.50. The second kappa shape index (κ2) is 7.46. The molecule has 0 spiro atoms. The van der Waals surface area contributed by atoms with Gasteiger partial charge in [0, 0.05) is 23.9 Å². The van der Waals surface area contributed by atoms with Crippen molar-refractivity contribution in [2.45, 2.75) is 19.0 Å². The smallest absolute Gasteiger partial charge is 0.235 e. The maximum atomic E-state index is 13.7. The number of carbonyl (C=O) groups is 3. The zero-order valence-corrected chi connectivity index (χ0v) is 17.5. The largest absolute Gasteiger partial charge is 0.383 e. The molecule has 2 aromatic carbocycles. The molecular weight excluding hydrogens is 392 g/mol. The molecule has 2 amide bonds. The Morgan fingerprint density at radius 1 is 0.968 bits per heavy atom. The maximum Gasteiger partial charge on any atom is 0.235 e. The lowest BCUT2D eigenvalue weighted by Gasteiger charge is -2.38. The summed E-state index contributed by atoms with van der Waals surface area (Å²) < 4.78 is 5.10. The van der Waals surface area contributed by atoms with Crippen molar-refractivity contribution < 1.29 is 19.1 Å². The quantitative estimate of drug-likeness (QED) is 0.554. The SMILES string of the molecule is COCCN1C(=O)[C@H]2[C@H](C1=O)[C@H](C(=O)c1ccccc1)N1c3ccccc3C(C)=C[C@@H]21. The monoisotopic (exact) mass is 416 g/mol. The second-order valence-electron chi connectivity index (χ2n) is 8.31. The summed E-state index contributed by atoms with van der Waals surface area (Å²) in [6, 6.07) is 15.9. The van der Waals surface area contributed by atoms with Gasteiger partial charge in [-0.25, -0.2) is 0 Å². The van der Waals surface area contributed by atoms with E-state index in [2.05, 4.69) is 0 Å². The van der Waals surface area contributed by atoms with E-state index in [1.54, 1.807) is 19.2 Å². The summed E-state index contributed by atoms with van der Waals surface area (Å²) in [6.45, 7) is 2.50. The van der Waals surface area contributed by atoms with Gasteiger partial charge in [-0.05, 0) is 18.6 Å². The van der Waals surface area contributed by atoms with Crippen LogP contribution in [0.25, 0.3) is 5.57 Å². The number of carbonyl (C=O) groups excluding carboxylic acids is 3. The number of likely N-dealkylation sites (tertiary alicyclic amines) is 1. The number of anilines is 1. The molecular formula is C25H24N2O4. The molecule has 158 valence electrons. The van der Waals surface area contributed by atoms with Gasteiger partial charge in [-0.1, -0.05) is 54.6 Å². The van der Waals surface area contributed by atoms with E-state index in [1.807, 2.05) is 60.4 Å². The number of methoxy groups -OCH3 is 1. The number of benzene rings is 2. The van der Waals surface area contributed by atoms with Crippen molar-refractivity contribution in [3.63, 3.8) is 0 Å². The fourth-order valence-electron chi connectivity index (χ4n) is 5.34. The van der Waals surface area contributed by atoms with Gasteiger partial charge in [0.2, 0.25) is 11.8 Å². The number of hydrogen-bond donors (Lipinski definition) is 0. The first-order chi connectivity index (χ1) is 15.0. The molecule has 6 nitrogen and oxygen atoms in total. The summed E-state index contributed by atoms with van der Waals surface area (Å²) in [4.78, 5) is 43.8. The number of imide groups is 1. The first-order valence-electron chi connectivity index (χ1n) is 10.5. The number of Topliss-reactive ketones (excluding diaryl/α,β-unsaturated/α-hetero) is 1. The Morgan fingerprint density at radius 2 is 1.65 bits per heavy atom. The van der Waals surface area contributed by atoms with Crippen molar-refractivity contribution in [3.8, 4) is 0 Å². The zero-order chi connectivity index (χ0) is 21.7. The molecule has 2 aromatic rings. The third-order valence-electron chi connectivity index (χ3n) is 6.69. The molecule has 2 saturated heterocycles. The van der Waals surface area contributed by atoms with Crippen LogP contribution in [0.4, 0.5) is 5.69 Å². The number of hydrogen-bond acceptors (Lipinski definition) is 5. The summed E-state index contributed by atoms with van der Waals surface area (Å²) in [5, 5.41) is 0. The summed E-state index contributed by atoms with van der Waals surface area (Å²) in [7, 11) is 1.54. The van der Waals surface area contributed by atoms with Crippen LogP contribution >= 0.6 is 0 Å². The van der Waals surface area contributed by atoms with Crippen LogP contribution in [0.2, 0.25) is 0 Å². The Morgan fingerprint density at radius 3 is 2.39 bits per heavy atom. The molecule has 5 rings (SSSR count). The molecule has 0 unspecified atom stereocenters. The third-order valence-corrected chi connectivity index (χ3v) is 6.69. The Labute approximate surface area is 181 Å². The van der Waals surface area contributed by atoms with Crippen LogP contribution in [0.3, 0.4) is 0 Å². The van der Waals surface area contributed by atoms with Crippen LogP contribution in [0.5, 0.6) is 0 Å². The highest BCUT2D eigenvalue weighted by Gasteiger charge is 2.64. The third kappa shape index (κ3) is 2.86. The van der Waals surface area contributed by atoms with Crippen LogP contribution in [-0.4, -0.2) is 54.8 Å². The lowest BCUT2D eigenvalue weighted by Crippen LogP contribution is -2.49. The lowest BCUT2D eigenvalue weighted by atomic mass is 9.85. The predicted molar refractivity (Wildman–Crippen MR) is 116 cm³/mol. The van der Waals surface area contributed by atoms with Crippen LogP contribution < -0.4 is 4.90 Å². The van der Waals surface area contributed by atoms with Gasteiger partial charge in [0.1, 0.15) is 6.04 Å². The Hall–Kier alpha value is -3.25. The number of ketones is 1. The minimum absolute atomic E-state index is 0.129. The van der Waals surface area contributed by atoms with Crippen molar-refractivity contribution in [2.75, 3.05) is 25.2 Å². The van der Waals surface area contributed by atoms with E-state index >= 15 is 0 Å². The molecule has 0 N–H and O–H groups in total. The number of ether oxygens (including phenoxy) is 1. The van der Waals surface area contributed by atoms with Crippen molar-refractivity contribution >= 4 is 28.9 Å². The van der Waals surface area contributed by atoms with Gasteiger partial charge >= 0.3 is 0 Å². The lowest BCUT2D eigenvalue weighted by molar-refractivity contribution is -0.141.